The van der Waals surface area contributed by atoms with Crippen LogP contribution in [-0.4, -0.2) is 44.7 Å². The Morgan fingerprint density at radius 1 is 1.16 bits per heavy atom. The third kappa shape index (κ3) is 5.75. The number of benzene rings is 1. The molecule has 0 bridgehead atoms. The summed E-state index contributed by atoms with van der Waals surface area (Å²) in [5.74, 6) is 0.727. The third-order valence-electron chi connectivity index (χ3n) is 3.18. The average Bonchev–Trinajstić information content (AvgIpc) is 2.47. The van der Waals surface area contributed by atoms with Crippen LogP contribution in [0, 0.1) is 0 Å². The van der Waals surface area contributed by atoms with E-state index in [0.29, 0.717) is 6.42 Å². The van der Waals surface area contributed by atoms with E-state index >= 15 is 0 Å². The van der Waals surface area contributed by atoms with Crippen LogP contribution in [0.1, 0.15) is 18.9 Å². The summed E-state index contributed by atoms with van der Waals surface area (Å²) in [6.07, 6.45) is 1.42. The first-order valence-electron chi connectivity index (χ1n) is 6.61. The van der Waals surface area contributed by atoms with Crippen molar-refractivity contribution >= 4 is 5.97 Å². The SMILES string of the molecule is CCN(CCC(=O)OC)CCc1ccc(OC)cc1. The Bertz CT molecular complexity index is 375. The van der Waals surface area contributed by atoms with Crippen LogP contribution in [0.15, 0.2) is 24.3 Å². The Labute approximate surface area is 115 Å². The molecule has 1 aromatic carbocycles. The maximum Gasteiger partial charge on any atom is 0.306 e. The van der Waals surface area contributed by atoms with Crippen LogP contribution >= 0.6 is 0 Å². The van der Waals surface area contributed by atoms with Gasteiger partial charge < -0.3 is 14.4 Å². The normalized spacial score (nSPS) is 10.5. The molecule has 0 amide bonds. The summed E-state index contributed by atoms with van der Waals surface area (Å²) >= 11 is 0. The van der Waals surface area contributed by atoms with E-state index in [4.69, 9.17) is 4.74 Å². The van der Waals surface area contributed by atoms with Gasteiger partial charge in [0.2, 0.25) is 0 Å². The van der Waals surface area contributed by atoms with E-state index < -0.39 is 0 Å². The summed E-state index contributed by atoms with van der Waals surface area (Å²) in [7, 11) is 3.09. The molecule has 0 heterocycles. The molecule has 106 valence electrons. The average molecular weight is 265 g/mol. The molecular formula is C15H23NO3. The van der Waals surface area contributed by atoms with Gasteiger partial charge in [-0.3, -0.25) is 4.79 Å². The molecule has 0 saturated carbocycles. The van der Waals surface area contributed by atoms with Crippen molar-refractivity contribution in [2.24, 2.45) is 0 Å². The first-order valence-corrected chi connectivity index (χ1v) is 6.61. The summed E-state index contributed by atoms with van der Waals surface area (Å²) < 4.78 is 9.79. The van der Waals surface area contributed by atoms with Crippen molar-refractivity contribution in [2.45, 2.75) is 19.8 Å². The molecule has 0 aliphatic carbocycles. The molecule has 0 atom stereocenters. The summed E-state index contributed by atoms with van der Waals surface area (Å²) in [6, 6.07) is 8.10. The number of hydrogen-bond donors (Lipinski definition) is 0. The number of carbonyl (C=O) groups is 1. The zero-order valence-corrected chi connectivity index (χ0v) is 12.0. The second-order valence-electron chi connectivity index (χ2n) is 4.36. The van der Waals surface area contributed by atoms with Gasteiger partial charge in [-0.15, -0.1) is 0 Å². The molecule has 0 aliphatic rings. The smallest absolute Gasteiger partial charge is 0.306 e. The Morgan fingerprint density at radius 2 is 1.84 bits per heavy atom. The number of esters is 1. The van der Waals surface area contributed by atoms with Gasteiger partial charge in [-0.1, -0.05) is 19.1 Å². The fourth-order valence-corrected chi connectivity index (χ4v) is 1.86. The summed E-state index contributed by atoms with van der Waals surface area (Å²) in [5, 5.41) is 0. The monoisotopic (exact) mass is 265 g/mol. The molecule has 0 fully saturated rings. The van der Waals surface area contributed by atoms with Gasteiger partial charge in [0, 0.05) is 13.1 Å². The van der Waals surface area contributed by atoms with Crippen molar-refractivity contribution in [3.8, 4) is 5.75 Å². The molecule has 19 heavy (non-hydrogen) atoms. The van der Waals surface area contributed by atoms with Crippen LogP contribution in [-0.2, 0) is 16.0 Å². The highest BCUT2D eigenvalue weighted by molar-refractivity contribution is 5.69. The zero-order chi connectivity index (χ0) is 14.1. The Morgan fingerprint density at radius 3 is 2.37 bits per heavy atom. The molecule has 4 heteroatoms. The van der Waals surface area contributed by atoms with Crippen molar-refractivity contribution in [3.63, 3.8) is 0 Å². The van der Waals surface area contributed by atoms with Crippen molar-refractivity contribution < 1.29 is 14.3 Å². The quantitative estimate of drug-likeness (QED) is 0.675. The third-order valence-corrected chi connectivity index (χ3v) is 3.18. The van der Waals surface area contributed by atoms with Crippen molar-refractivity contribution in [1.29, 1.82) is 0 Å². The van der Waals surface area contributed by atoms with E-state index in [1.54, 1.807) is 7.11 Å². The maximum absolute atomic E-state index is 11.1. The second-order valence-corrected chi connectivity index (χ2v) is 4.36. The molecular weight excluding hydrogens is 242 g/mol. The molecule has 0 aliphatic heterocycles. The largest absolute Gasteiger partial charge is 0.497 e. The zero-order valence-electron chi connectivity index (χ0n) is 12.0. The topological polar surface area (TPSA) is 38.8 Å². The number of hydrogen-bond acceptors (Lipinski definition) is 4. The Kier molecular flexibility index (Phi) is 6.97. The highest BCUT2D eigenvalue weighted by atomic mass is 16.5. The lowest BCUT2D eigenvalue weighted by molar-refractivity contribution is -0.140. The minimum atomic E-state index is -0.150. The molecule has 1 rings (SSSR count). The second kappa shape index (κ2) is 8.53. The Balaban J connectivity index is 2.37. The highest BCUT2D eigenvalue weighted by Gasteiger charge is 2.06. The van der Waals surface area contributed by atoms with Gasteiger partial charge in [0.1, 0.15) is 5.75 Å². The van der Waals surface area contributed by atoms with E-state index in [2.05, 4.69) is 28.7 Å². The summed E-state index contributed by atoms with van der Waals surface area (Å²) in [6.45, 7) is 4.73. The van der Waals surface area contributed by atoms with E-state index in [1.165, 1.54) is 12.7 Å². The van der Waals surface area contributed by atoms with Crippen molar-refractivity contribution in [3.05, 3.63) is 29.8 Å². The fourth-order valence-electron chi connectivity index (χ4n) is 1.86. The molecule has 0 N–H and O–H groups in total. The number of nitrogens with zero attached hydrogens (tertiary/aromatic N) is 1. The lowest BCUT2D eigenvalue weighted by Gasteiger charge is -2.19. The predicted octanol–water partition coefficient (Wildman–Crippen LogP) is 2.12. The van der Waals surface area contributed by atoms with E-state index in [0.717, 1.165) is 31.8 Å². The number of methoxy groups -OCH3 is 2. The number of likely N-dealkylation sites (N-methyl/N-ethyl adjacent to an activating group) is 1. The Hall–Kier alpha value is -1.55. The lowest BCUT2D eigenvalue weighted by Crippen LogP contribution is -2.28. The fraction of sp³-hybridized carbons (Fsp3) is 0.533. The van der Waals surface area contributed by atoms with Crippen molar-refractivity contribution in [2.75, 3.05) is 33.9 Å². The number of carbonyl (C=O) groups excluding carboxylic acids is 1. The molecule has 0 unspecified atom stereocenters. The number of ether oxygens (including phenoxy) is 2. The lowest BCUT2D eigenvalue weighted by atomic mass is 10.1. The molecule has 1 aromatic rings. The molecule has 0 spiro atoms. The van der Waals surface area contributed by atoms with Gasteiger partial charge in [0.05, 0.1) is 20.6 Å². The molecule has 0 saturated heterocycles. The van der Waals surface area contributed by atoms with Crippen LogP contribution in [0.4, 0.5) is 0 Å². The van der Waals surface area contributed by atoms with Crippen LogP contribution in [0.2, 0.25) is 0 Å². The first kappa shape index (κ1) is 15.5. The van der Waals surface area contributed by atoms with Crippen LogP contribution in [0.5, 0.6) is 5.75 Å². The van der Waals surface area contributed by atoms with Gasteiger partial charge in [-0.2, -0.15) is 0 Å². The molecule has 0 aromatic heterocycles. The summed E-state index contributed by atoms with van der Waals surface area (Å²) in [4.78, 5) is 13.4. The van der Waals surface area contributed by atoms with Crippen LogP contribution < -0.4 is 4.74 Å². The van der Waals surface area contributed by atoms with E-state index in [-0.39, 0.29) is 5.97 Å². The van der Waals surface area contributed by atoms with E-state index in [1.807, 2.05) is 12.1 Å². The van der Waals surface area contributed by atoms with Gasteiger partial charge in [-0.25, -0.2) is 0 Å². The first-order chi connectivity index (χ1) is 9.19. The van der Waals surface area contributed by atoms with Crippen LogP contribution in [0.3, 0.4) is 0 Å². The number of rotatable bonds is 8. The minimum absolute atomic E-state index is 0.150. The van der Waals surface area contributed by atoms with Gasteiger partial charge >= 0.3 is 5.97 Å². The van der Waals surface area contributed by atoms with Crippen molar-refractivity contribution in [1.82, 2.24) is 4.90 Å². The highest BCUT2D eigenvalue weighted by Crippen LogP contribution is 2.12. The van der Waals surface area contributed by atoms with Gasteiger partial charge in [0.15, 0.2) is 0 Å². The standard InChI is InChI=1S/C15H23NO3/c1-4-16(12-10-15(17)19-3)11-9-13-5-7-14(18-2)8-6-13/h5-8H,4,9-12H2,1-3H3. The van der Waals surface area contributed by atoms with E-state index in [9.17, 15) is 4.79 Å². The molecule has 0 radical (unpaired) electrons. The maximum atomic E-state index is 11.1. The predicted molar refractivity (Wildman–Crippen MR) is 75.4 cm³/mol. The molecule has 4 nitrogen and oxygen atoms in total. The summed E-state index contributed by atoms with van der Waals surface area (Å²) in [5.41, 5.74) is 1.28. The van der Waals surface area contributed by atoms with Gasteiger partial charge in [0.25, 0.3) is 0 Å². The minimum Gasteiger partial charge on any atom is -0.497 e. The van der Waals surface area contributed by atoms with Gasteiger partial charge in [-0.05, 0) is 30.7 Å². The van der Waals surface area contributed by atoms with Crippen LogP contribution in [0.25, 0.3) is 0 Å².